The zero-order valence-electron chi connectivity index (χ0n) is 13.6. The van der Waals surface area contributed by atoms with Crippen molar-refractivity contribution < 1.29 is 9.42 Å². The molecule has 3 aromatic rings. The highest BCUT2D eigenvalue weighted by molar-refractivity contribution is 8.00. The van der Waals surface area contributed by atoms with Crippen LogP contribution in [0.2, 0.25) is 0 Å². The van der Waals surface area contributed by atoms with Crippen LogP contribution in [0, 0.1) is 6.92 Å². The summed E-state index contributed by atoms with van der Waals surface area (Å²) < 4.78 is 4.57. The van der Waals surface area contributed by atoms with Gasteiger partial charge in [-0.2, -0.15) is 0 Å². The molecular formula is C16H17N5O2S. The zero-order chi connectivity index (χ0) is 17.1. The normalized spacial score (nSPS) is 11.2. The Bertz CT molecular complexity index is 878. The summed E-state index contributed by atoms with van der Waals surface area (Å²) in [4.78, 5) is 21.3. The first kappa shape index (κ1) is 16.4. The minimum atomic E-state index is -0.187. The predicted octanol–water partition coefficient (Wildman–Crippen LogP) is 3.18. The fourth-order valence-corrected chi connectivity index (χ4v) is 2.91. The van der Waals surface area contributed by atoms with Crippen molar-refractivity contribution in [1.29, 1.82) is 0 Å². The van der Waals surface area contributed by atoms with E-state index in [0.29, 0.717) is 11.5 Å². The minimum absolute atomic E-state index is 0.187. The molecule has 3 rings (SSSR count). The Labute approximate surface area is 143 Å². The number of aromatic nitrogens is 4. The highest BCUT2D eigenvalue weighted by Gasteiger charge is 2.14. The van der Waals surface area contributed by atoms with Crippen molar-refractivity contribution in [3.05, 3.63) is 35.8 Å². The van der Waals surface area contributed by atoms with Crippen LogP contribution in [-0.2, 0) is 4.79 Å². The van der Waals surface area contributed by atoms with Crippen LogP contribution in [0.25, 0.3) is 10.9 Å². The van der Waals surface area contributed by atoms with Gasteiger partial charge in [0.15, 0.2) is 5.82 Å². The van der Waals surface area contributed by atoms with Crippen LogP contribution in [0.5, 0.6) is 0 Å². The van der Waals surface area contributed by atoms with E-state index in [-0.39, 0.29) is 17.6 Å². The third-order valence-electron chi connectivity index (χ3n) is 3.35. The maximum atomic E-state index is 12.1. The van der Waals surface area contributed by atoms with Crippen LogP contribution in [0.1, 0.15) is 31.3 Å². The van der Waals surface area contributed by atoms with Crippen molar-refractivity contribution in [3.8, 4) is 0 Å². The first-order chi connectivity index (χ1) is 11.5. The third kappa shape index (κ3) is 3.53. The molecule has 0 aliphatic heterocycles. The second-order valence-corrected chi connectivity index (χ2v) is 6.56. The summed E-state index contributed by atoms with van der Waals surface area (Å²) in [6, 6.07) is 7.80. The molecule has 7 nitrogen and oxygen atoms in total. The van der Waals surface area contributed by atoms with Gasteiger partial charge in [-0.15, -0.1) is 0 Å². The van der Waals surface area contributed by atoms with Crippen molar-refractivity contribution in [2.24, 2.45) is 0 Å². The van der Waals surface area contributed by atoms with E-state index < -0.39 is 0 Å². The number of anilines is 1. The number of carbonyl (C=O) groups excluding carboxylic acids is 1. The van der Waals surface area contributed by atoms with Crippen LogP contribution in [0.15, 0.2) is 33.9 Å². The van der Waals surface area contributed by atoms with Crippen molar-refractivity contribution in [2.45, 2.75) is 31.7 Å². The molecule has 0 bridgehead atoms. The summed E-state index contributed by atoms with van der Waals surface area (Å²) in [6.45, 7) is 5.81. The van der Waals surface area contributed by atoms with Gasteiger partial charge in [-0.05, 0) is 18.1 Å². The number of rotatable bonds is 5. The molecule has 0 spiro atoms. The molecule has 0 atom stereocenters. The van der Waals surface area contributed by atoms with Gasteiger partial charge in [0.2, 0.25) is 5.91 Å². The van der Waals surface area contributed by atoms with Gasteiger partial charge in [0.05, 0.1) is 11.3 Å². The Morgan fingerprint density at radius 2 is 2.04 bits per heavy atom. The van der Waals surface area contributed by atoms with Crippen molar-refractivity contribution in [3.63, 3.8) is 0 Å². The molecule has 24 heavy (non-hydrogen) atoms. The number of carbonyl (C=O) groups is 1. The summed E-state index contributed by atoms with van der Waals surface area (Å²) >= 11 is 1.38. The Balaban J connectivity index is 1.79. The molecule has 0 saturated carbocycles. The number of thioether (sulfide) groups is 1. The van der Waals surface area contributed by atoms with Gasteiger partial charge in [-0.25, -0.2) is 14.6 Å². The average molecular weight is 343 g/mol. The molecule has 8 heteroatoms. The highest BCUT2D eigenvalue weighted by atomic mass is 32.2. The quantitative estimate of drug-likeness (QED) is 0.561. The van der Waals surface area contributed by atoms with E-state index >= 15 is 0 Å². The SMILES string of the molecule is Cc1nonc1NC(=O)CSc1nc(C(C)C)nc2ccccc12. The lowest BCUT2D eigenvalue weighted by Gasteiger charge is -2.10. The monoisotopic (exact) mass is 343 g/mol. The summed E-state index contributed by atoms with van der Waals surface area (Å²) in [5.41, 5.74) is 1.43. The number of hydrogen-bond donors (Lipinski definition) is 1. The van der Waals surface area contributed by atoms with Gasteiger partial charge in [0, 0.05) is 11.3 Å². The van der Waals surface area contributed by atoms with Crippen molar-refractivity contribution in [1.82, 2.24) is 20.3 Å². The molecule has 0 fully saturated rings. The minimum Gasteiger partial charge on any atom is -0.306 e. The van der Waals surface area contributed by atoms with Gasteiger partial charge in [-0.1, -0.05) is 49.0 Å². The number of fused-ring (bicyclic) bond motifs is 1. The van der Waals surface area contributed by atoms with Crippen LogP contribution in [0.3, 0.4) is 0 Å². The second kappa shape index (κ2) is 6.96. The number of nitrogens with one attached hydrogen (secondary N) is 1. The maximum Gasteiger partial charge on any atom is 0.236 e. The van der Waals surface area contributed by atoms with Crippen LogP contribution in [0.4, 0.5) is 5.82 Å². The molecule has 1 amide bonds. The Morgan fingerprint density at radius 1 is 1.25 bits per heavy atom. The average Bonchev–Trinajstić information content (AvgIpc) is 2.97. The molecular weight excluding hydrogens is 326 g/mol. The van der Waals surface area contributed by atoms with E-state index in [4.69, 9.17) is 0 Å². The summed E-state index contributed by atoms with van der Waals surface area (Å²) in [5.74, 6) is 1.36. The topological polar surface area (TPSA) is 93.8 Å². The molecule has 0 aliphatic carbocycles. The number of hydrogen-bond acceptors (Lipinski definition) is 7. The van der Waals surface area contributed by atoms with E-state index in [1.807, 2.05) is 38.1 Å². The summed E-state index contributed by atoms with van der Waals surface area (Å²) in [7, 11) is 0. The Morgan fingerprint density at radius 3 is 2.75 bits per heavy atom. The molecule has 2 aromatic heterocycles. The molecule has 1 N–H and O–H groups in total. The van der Waals surface area contributed by atoms with Gasteiger partial charge in [-0.3, -0.25) is 4.79 Å². The number of aryl methyl sites for hydroxylation is 1. The number of benzene rings is 1. The molecule has 0 unspecified atom stereocenters. The molecule has 0 saturated heterocycles. The number of nitrogens with zero attached hydrogens (tertiary/aromatic N) is 4. The molecule has 2 heterocycles. The molecule has 0 radical (unpaired) electrons. The van der Waals surface area contributed by atoms with Gasteiger partial charge in [0.1, 0.15) is 16.5 Å². The van der Waals surface area contributed by atoms with Gasteiger partial charge >= 0.3 is 0 Å². The van der Waals surface area contributed by atoms with Gasteiger partial charge in [0.25, 0.3) is 0 Å². The summed E-state index contributed by atoms with van der Waals surface area (Å²) in [6.07, 6.45) is 0. The van der Waals surface area contributed by atoms with E-state index in [2.05, 4.69) is 30.2 Å². The number of amides is 1. The van der Waals surface area contributed by atoms with Gasteiger partial charge < -0.3 is 5.32 Å². The molecule has 1 aromatic carbocycles. The third-order valence-corrected chi connectivity index (χ3v) is 4.34. The smallest absolute Gasteiger partial charge is 0.236 e. The number of para-hydroxylation sites is 1. The van der Waals surface area contributed by atoms with E-state index in [0.717, 1.165) is 21.8 Å². The Hall–Kier alpha value is -2.48. The first-order valence-electron chi connectivity index (χ1n) is 7.53. The second-order valence-electron chi connectivity index (χ2n) is 5.59. The van der Waals surface area contributed by atoms with E-state index in [1.54, 1.807) is 6.92 Å². The fourth-order valence-electron chi connectivity index (χ4n) is 2.08. The zero-order valence-corrected chi connectivity index (χ0v) is 14.4. The van der Waals surface area contributed by atoms with Crippen LogP contribution < -0.4 is 5.32 Å². The lowest BCUT2D eigenvalue weighted by Crippen LogP contribution is -2.15. The van der Waals surface area contributed by atoms with E-state index in [9.17, 15) is 4.79 Å². The molecule has 124 valence electrons. The van der Waals surface area contributed by atoms with Crippen LogP contribution >= 0.6 is 11.8 Å². The Kier molecular flexibility index (Phi) is 4.75. The largest absolute Gasteiger partial charge is 0.306 e. The van der Waals surface area contributed by atoms with Crippen molar-refractivity contribution >= 4 is 34.4 Å². The fraction of sp³-hybridized carbons (Fsp3) is 0.312. The van der Waals surface area contributed by atoms with Crippen LogP contribution in [-0.4, -0.2) is 31.9 Å². The van der Waals surface area contributed by atoms with E-state index in [1.165, 1.54) is 11.8 Å². The maximum absolute atomic E-state index is 12.1. The summed E-state index contributed by atoms with van der Waals surface area (Å²) in [5, 5.41) is 11.7. The highest BCUT2D eigenvalue weighted by Crippen LogP contribution is 2.27. The lowest BCUT2D eigenvalue weighted by atomic mass is 10.2. The first-order valence-corrected chi connectivity index (χ1v) is 8.51. The predicted molar refractivity (Wildman–Crippen MR) is 92.0 cm³/mol. The lowest BCUT2D eigenvalue weighted by molar-refractivity contribution is -0.113. The molecule has 0 aliphatic rings. The van der Waals surface area contributed by atoms with Crippen molar-refractivity contribution in [2.75, 3.05) is 11.1 Å². The standard InChI is InChI=1S/C16H17N5O2S/c1-9(2)14-17-12-7-5-4-6-11(12)16(19-14)24-8-13(22)18-15-10(3)20-23-21-15/h4-7,9H,8H2,1-3H3,(H,18,21,22).